The second-order valence-corrected chi connectivity index (χ2v) is 7.49. The van der Waals surface area contributed by atoms with E-state index in [-0.39, 0.29) is 5.91 Å². The molecule has 1 unspecified atom stereocenters. The second-order valence-electron chi connectivity index (χ2n) is 7.11. The van der Waals surface area contributed by atoms with Crippen molar-refractivity contribution in [2.24, 2.45) is 0 Å². The molecule has 2 heterocycles. The molecule has 0 saturated heterocycles. The van der Waals surface area contributed by atoms with Crippen LogP contribution >= 0.6 is 11.6 Å². The number of nitriles is 1. The molecule has 1 aliphatic rings. The van der Waals surface area contributed by atoms with E-state index in [0.29, 0.717) is 31.8 Å². The molecule has 4 rings (SSSR count). The third-order valence-corrected chi connectivity index (χ3v) is 5.71. The highest BCUT2D eigenvalue weighted by atomic mass is 35.5. The Labute approximate surface area is 169 Å². The van der Waals surface area contributed by atoms with Gasteiger partial charge in [-0.3, -0.25) is 4.79 Å². The maximum atomic E-state index is 12.7. The van der Waals surface area contributed by atoms with Crippen LogP contribution in [0.15, 0.2) is 54.6 Å². The Balaban J connectivity index is 1.82. The highest BCUT2D eigenvalue weighted by molar-refractivity contribution is 6.17. The fourth-order valence-electron chi connectivity index (χ4n) is 4.18. The standard InChI is InChI=1S/C23H22ClN3O/c24-13-6-11-22(28)26-14-12-19-18-9-4-5-10-20(18)27(23(19)21(26)15-25)16-17-7-2-1-3-8-17/h1-5,7-10,21H,6,11-14,16H2. The molecule has 28 heavy (non-hydrogen) atoms. The summed E-state index contributed by atoms with van der Waals surface area (Å²) in [4.78, 5) is 14.5. The van der Waals surface area contributed by atoms with Crippen LogP contribution in [0.1, 0.15) is 35.7 Å². The largest absolute Gasteiger partial charge is 0.337 e. The summed E-state index contributed by atoms with van der Waals surface area (Å²) in [5, 5.41) is 11.2. The highest BCUT2D eigenvalue weighted by Gasteiger charge is 2.35. The average Bonchev–Trinajstić information content (AvgIpc) is 3.06. The smallest absolute Gasteiger partial charge is 0.223 e. The van der Waals surface area contributed by atoms with E-state index >= 15 is 0 Å². The molecule has 1 aliphatic heterocycles. The number of halogens is 1. The van der Waals surface area contributed by atoms with Crippen LogP contribution in [0.4, 0.5) is 0 Å². The van der Waals surface area contributed by atoms with Gasteiger partial charge in [-0.25, -0.2) is 0 Å². The number of hydrogen-bond donors (Lipinski definition) is 0. The fourth-order valence-corrected chi connectivity index (χ4v) is 4.31. The van der Waals surface area contributed by atoms with Crippen LogP contribution in [0.2, 0.25) is 0 Å². The molecule has 5 heteroatoms. The Morgan fingerprint density at radius 3 is 2.64 bits per heavy atom. The first kappa shape index (κ1) is 18.6. The number of hydrogen-bond acceptors (Lipinski definition) is 2. The topological polar surface area (TPSA) is 49.0 Å². The minimum Gasteiger partial charge on any atom is -0.337 e. The van der Waals surface area contributed by atoms with E-state index in [9.17, 15) is 10.1 Å². The zero-order valence-corrected chi connectivity index (χ0v) is 16.4. The molecular weight excluding hydrogens is 370 g/mol. The Hall–Kier alpha value is -2.77. The normalized spacial score (nSPS) is 16.0. The molecule has 142 valence electrons. The Bertz CT molecular complexity index is 1040. The zero-order valence-electron chi connectivity index (χ0n) is 15.6. The molecule has 0 aliphatic carbocycles. The Kier molecular flexibility index (Phi) is 5.36. The Morgan fingerprint density at radius 2 is 1.89 bits per heavy atom. The van der Waals surface area contributed by atoms with Gasteiger partial charge in [0.25, 0.3) is 0 Å². The summed E-state index contributed by atoms with van der Waals surface area (Å²) in [7, 11) is 0. The molecule has 0 bridgehead atoms. The van der Waals surface area contributed by atoms with E-state index in [4.69, 9.17) is 11.6 Å². The maximum absolute atomic E-state index is 12.7. The van der Waals surface area contributed by atoms with Crippen molar-refractivity contribution >= 4 is 28.4 Å². The van der Waals surface area contributed by atoms with Crippen molar-refractivity contribution in [3.63, 3.8) is 0 Å². The summed E-state index contributed by atoms with van der Waals surface area (Å²) in [6, 6.07) is 20.4. The van der Waals surface area contributed by atoms with Crippen LogP contribution in [0.3, 0.4) is 0 Å². The van der Waals surface area contributed by atoms with Gasteiger partial charge in [0.05, 0.1) is 11.8 Å². The quantitative estimate of drug-likeness (QED) is 0.594. The monoisotopic (exact) mass is 391 g/mol. The first-order valence-corrected chi connectivity index (χ1v) is 10.2. The lowest BCUT2D eigenvalue weighted by Crippen LogP contribution is -2.40. The molecule has 0 radical (unpaired) electrons. The number of alkyl halides is 1. The number of benzene rings is 2. The van der Waals surface area contributed by atoms with Crippen LogP contribution in [0, 0.1) is 11.3 Å². The molecule has 2 aromatic carbocycles. The predicted molar refractivity (Wildman–Crippen MR) is 111 cm³/mol. The molecule has 1 atom stereocenters. The number of amides is 1. The number of carbonyl (C=O) groups is 1. The van der Waals surface area contributed by atoms with Crippen molar-refractivity contribution in [3.8, 4) is 6.07 Å². The van der Waals surface area contributed by atoms with Gasteiger partial charge in [-0.1, -0.05) is 48.5 Å². The summed E-state index contributed by atoms with van der Waals surface area (Å²) in [6.45, 7) is 1.25. The number of carbonyl (C=O) groups excluding carboxylic acids is 1. The fraction of sp³-hybridized carbons (Fsp3) is 0.304. The van der Waals surface area contributed by atoms with Crippen molar-refractivity contribution in [1.29, 1.82) is 5.26 Å². The van der Waals surface area contributed by atoms with Gasteiger partial charge in [0.1, 0.15) is 0 Å². The van der Waals surface area contributed by atoms with Crippen molar-refractivity contribution < 1.29 is 4.79 Å². The molecule has 0 fully saturated rings. The summed E-state index contributed by atoms with van der Waals surface area (Å²) in [5.74, 6) is 0.463. The summed E-state index contributed by atoms with van der Waals surface area (Å²) in [5.41, 5.74) is 4.44. The zero-order chi connectivity index (χ0) is 19.5. The lowest BCUT2D eigenvalue weighted by Gasteiger charge is -2.33. The van der Waals surface area contributed by atoms with Crippen molar-refractivity contribution in [3.05, 3.63) is 71.4 Å². The number of aromatic nitrogens is 1. The van der Waals surface area contributed by atoms with Gasteiger partial charge >= 0.3 is 0 Å². The van der Waals surface area contributed by atoms with Gasteiger partial charge in [0.2, 0.25) is 5.91 Å². The van der Waals surface area contributed by atoms with E-state index in [1.165, 1.54) is 16.5 Å². The molecular formula is C23H22ClN3O. The molecule has 3 aromatic rings. The number of fused-ring (bicyclic) bond motifs is 3. The van der Waals surface area contributed by atoms with E-state index in [1.807, 2.05) is 30.3 Å². The van der Waals surface area contributed by atoms with Crippen LogP contribution < -0.4 is 0 Å². The number of nitrogens with zero attached hydrogens (tertiary/aromatic N) is 3. The lowest BCUT2D eigenvalue weighted by atomic mass is 9.97. The van der Waals surface area contributed by atoms with E-state index in [0.717, 1.165) is 17.6 Å². The van der Waals surface area contributed by atoms with Gasteiger partial charge < -0.3 is 9.47 Å². The van der Waals surface area contributed by atoms with E-state index in [1.54, 1.807) is 4.90 Å². The van der Waals surface area contributed by atoms with Crippen molar-refractivity contribution in [2.75, 3.05) is 12.4 Å². The van der Waals surface area contributed by atoms with Gasteiger partial charge in [-0.2, -0.15) is 5.26 Å². The molecule has 0 N–H and O–H groups in total. The van der Waals surface area contributed by atoms with Crippen molar-refractivity contribution in [2.45, 2.75) is 31.8 Å². The Morgan fingerprint density at radius 1 is 1.14 bits per heavy atom. The van der Waals surface area contributed by atoms with Gasteiger partial charge in [0, 0.05) is 36.3 Å². The first-order valence-electron chi connectivity index (χ1n) is 9.63. The van der Waals surface area contributed by atoms with E-state index < -0.39 is 6.04 Å². The lowest BCUT2D eigenvalue weighted by molar-refractivity contribution is -0.133. The second kappa shape index (κ2) is 8.08. The van der Waals surface area contributed by atoms with Crippen LogP contribution in [0.5, 0.6) is 0 Å². The molecule has 0 spiro atoms. The summed E-state index contributed by atoms with van der Waals surface area (Å²) in [6.07, 6.45) is 1.78. The molecule has 1 aromatic heterocycles. The minimum absolute atomic E-state index is 0.00867. The van der Waals surface area contributed by atoms with Crippen LogP contribution in [-0.4, -0.2) is 27.8 Å². The molecule has 1 amide bonds. The van der Waals surface area contributed by atoms with Gasteiger partial charge in [-0.15, -0.1) is 11.6 Å². The first-order chi connectivity index (χ1) is 13.7. The maximum Gasteiger partial charge on any atom is 0.223 e. The predicted octanol–water partition coefficient (Wildman–Crippen LogP) is 4.66. The van der Waals surface area contributed by atoms with Crippen molar-refractivity contribution in [1.82, 2.24) is 9.47 Å². The summed E-state index contributed by atoms with van der Waals surface area (Å²) < 4.78 is 2.22. The minimum atomic E-state index is -0.567. The van der Waals surface area contributed by atoms with E-state index in [2.05, 4.69) is 34.9 Å². The number of para-hydroxylation sites is 1. The molecule has 0 saturated carbocycles. The molecule has 4 nitrogen and oxygen atoms in total. The summed E-state index contributed by atoms with van der Waals surface area (Å²) >= 11 is 5.76. The highest BCUT2D eigenvalue weighted by Crippen LogP contribution is 2.37. The average molecular weight is 392 g/mol. The van der Waals surface area contributed by atoms with Gasteiger partial charge in [0.15, 0.2) is 6.04 Å². The number of rotatable bonds is 5. The SMILES string of the molecule is N#CC1c2c(c3ccccc3n2Cc2ccccc2)CCN1C(=O)CCCCl. The third kappa shape index (κ3) is 3.27. The van der Waals surface area contributed by atoms with Crippen LogP contribution in [-0.2, 0) is 17.8 Å². The third-order valence-electron chi connectivity index (χ3n) is 5.44. The van der Waals surface area contributed by atoms with Gasteiger partial charge in [-0.05, 0) is 30.0 Å². The van der Waals surface area contributed by atoms with Crippen LogP contribution in [0.25, 0.3) is 10.9 Å².